The summed E-state index contributed by atoms with van der Waals surface area (Å²) in [7, 11) is 1.58. The number of aromatic nitrogens is 2. The number of carbonyl (C=O) groups excluding carboxylic acids is 1. The van der Waals surface area contributed by atoms with E-state index in [1.165, 1.54) is 16.4 Å². The number of nitrogens with one attached hydrogen (secondary N) is 1. The molecule has 2 rings (SSSR count). The number of carbonyl (C=O) groups is 2. The minimum absolute atomic E-state index is 0.0781. The third kappa shape index (κ3) is 3.77. The molecule has 0 spiro atoms. The number of aryl methyl sites for hydroxylation is 1. The van der Waals surface area contributed by atoms with Crippen LogP contribution in [0.5, 0.6) is 0 Å². The van der Waals surface area contributed by atoms with Crippen LogP contribution >= 0.6 is 0 Å². The summed E-state index contributed by atoms with van der Waals surface area (Å²) in [5.74, 6) is -1.22. The van der Waals surface area contributed by atoms with E-state index in [1.807, 2.05) is 31.2 Å². The van der Waals surface area contributed by atoms with Gasteiger partial charge in [0.05, 0.1) is 6.04 Å². The van der Waals surface area contributed by atoms with E-state index in [9.17, 15) is 9.59 Å². The zero-order chi connectivity index (χ0) is 17.1. The van der Waals surface area contributed by atoms with Crippen molar-refractivity contribution in [1.29, 1.82) is 0 Å². The van der Waals surface area contributed by atoms with Crippen molar-refractivity contribution < 1.29 is 14.7 Å². The van der Waals surface area contributed by atoms with Crippen LogP contribution in [0.2, 0.25) is 0 Å². The lowest BCUT2D eigenvalue weighted by Crippen LogP contribution is -2.28. The zero-order valence-electron chi connectivity index (χ0n) is 13.7. The van der Waals surface area contributed by atoms with Crippen LogP contribution in [0.25, 0.3) is 0 Å². The van der Waals surface area contributed by atoms with Gasteiger partial charge in [-0.1, -0.05) is 38.1 Å². The fourth-order valence-electron chi connectivity index (χ4n) is 2.33. The zero-order valence-corrected chi connectivity index (χ0v) is 13.7. The molecular formula is C17H21N3O3. The Hall–Kier alpha value is -2.63. The third-order valence-corrected chi connectivity index (χ3v) is 3.73. The molecule has 1 heterocycles. The van der Waals surface area contributed by atoms with Gasteiger partial charge in [-0.2, -0.15) is 5.10 Å². The Kier molecular flexibility index (Phi) is 4.83. The van der Waals surface area contributed by atoms with E-state index in [0.29, 0.717) is 5.92 Å². The molecule has 0 fully saturated rings. The van der Waals surface area contributed by atoms with E-state index in [4.69, 9.17) is 5.11 Å². The summed E-state index contributed by atoms with van der Waals surface area (Å²) in [4.78, 5) is 23.5. The van der Waals surface area contributed by atoms with Crippen molar-refractivity contribution in [3.05, 3.63) is 52.8 Å². The number of hydrogen-bond acceptors (Lipinski definition) is 3. The second-order valence-corrected chi connectivity index (χ2v) is 5.89. The van der Waals surface area contributed by atoms with Crippen LogP contribution in [0.3, 0.4) is 0 Å². The summed E-state index contributed by atoms with van der Waals surface area (Å²) in [5.41, 5.74) is 2.00. The maximum absolute atomic E-state index is 12.3. The topological polar surface area (TPSA) is 84.2 Å². The van der Waals surface area contributed by atoms with E-state index in [1.54, 1.807) is 7.05 Å². The normalized spacial score (nSPS) is 12.2. The predicted molar refractivity (Wildman–Crippen MR) is 86.6 cm³/mol. The van der Waals surface area contributed by atoms with Crippen LogP contribution in [0.4, 0.5) is 0 Å². The molecule has 0 aliphatic heterocycles. The molecule has 122 valence electrons. The second-order valence-electron chi connectivity index (χ2n) is 5.89. The highest BCUT2D eigenvalue weighted by Gasteiger charge is 2.22. The monoisotopic (exact) mass is 315 g/mol. The number of aromatic carboxylic acids is 1. The van der Waals surface area contributed by atoms with Gasteiger partial charge in [-0.05, 0) is 24.0 Å². The standard InChI is InChI=1S/C17H21N3O3/c1-10(2)12-5-7-13(8-6-12)11(3)18-16(21)15-14(17(22)23)9-20(4)19-15/h5-11H,1-4H3,(H,18,21)(H,22,23)/t11-/m0/s1. The Morgan fingerprint density at radius 2 is 1.70 bits per heavy atom. The molecule has 23 heavy (non-hydrogen) atoms. The first-order valence-corrected chi connectivity index (χ1v) is 7.47. The molecule has 1 amide bonds. The number of carboxylic acid groups (broad SMARTS) is 1. The van der Waals surface area contributed by atoms with E-state index < -0.39 is 11.9 Å². The molecule has 6 heteroatoms. The van der Waals surface area contributed by atoms with Crippen LogP contribution < -0.4 is 5.32 Å². The quantitative estimate of drug-likeness (QED) is 0.888. The lowest BCUT2D eigenvalue weighted by Gasteiger charge is -2.15. The van der Waals surface area contributed by atoms with Gasteiger partial charge in [-0.15, -0.1) is 0 Å². The van der Waals surface area contributed by atoms with Crippen molar-refractivity contribution in [3.63, 3.8) is 0 Å². The Labute approximate surface area is 135 Å². The van der Waals surface area contributed by atoms with Crippen LogP contribution in [0.1, 0.15) is 64.7 Å². The van der Waals surface area contributed by atoms with Gasteiger partial charge in [0.2, 0.25) is 0 Å². The molecular weight excluding hydrogens is 294 g/mol. The van der Waals surface area contributed by atoms with Gasteiger partial charge in [0, 0.05) is 13.2 Å². The van der Waals surface area contributed by atoms with Crippen molar-refractivity contribution in [3.8, 4) is 0 Å². The number of rotatable bonds is 5. The van der Waals surface area contributed by atoms with Crippen molar-refractivity contribution in [1.82, 2.24) is 15.1 Å². The second kappa shape index (κ2) is 6.64. The SMILES string of the molecule is CC(C)c1ccc([C@H](C)NC(=O)c2nn(C)cc2C(=O)O)cc1. The molecule has 1 aromatic carbocycles. The molecule has 0 bridgehead atoms. The van der Waals surface area contributed by atoms with Crippen LogP contribution in [0, 0.1) is 0 Å². The number of hydrogen-bond donors (Lipinski definition) is 2. The lowest BCUT2D eigenvalue weighted by molar-refractivity contribution is 0.0690. The van der Waals surface area contributed by atoms with Gasteiger partial charge in [-0.25, -0.2) is 4.79 Å². The van der Waals surface area contributed by atoms with E-state index in [0.717, 1.165) is 5.56 Å². The number of nitrogens with zero attached hydrogens (tertiary/aromatic N) is 2. The summed E-state index contributed by atoms with van der Waals surface area (Å²) in [6.07, 6.45) is 1.32. The average molecular weight is 315 g/mol. The summed E-state index contributed by atoms with van der Waals surface area (Å²) < 4.78 is 1.32. The van der Waals surface area contributed by atoms with E-state index in [2.05, 4.69) is 24.3 Å². The highest BCUT2D eigenvalue weighted by atomic mass is 16.4. The van der Waals surface area contributed by atoms with Gasteiger partial charge in [0.25, 0.3) is 5.91 Å². The molecule has 0 aliphatic carbocycles. The molecule has 2 aromatic rings. The van der Waals surface area contributed by atoms with Gasteiger partial charge < -0.3 is 10.4 Å². The molecule has 0 saturated carbocycles. The number of carboxylic acids is 1. The van der Waals surface area contributed by atoms with Crippen molar-refractivity contribution in [2.24, 2.45) is 7.05 Å². The Morgan fingerprint density at radius 1 is 1.13 bits per heavy atom. The lowest BCUT2D eigenvalue weighted by atomic mass is 9.99. The first-order valence-electron chi connectivity index (χ1n) is 7.47. The smallest absolute Gasteiger partial charge is 0.339 e. The van der Waals surface area contributed by atoms with Gasteiger partial charge in [0.15, 0.2) is 5.69 Å². The highest BCUT2D eigenvalue weighted by molar-refractivity contribution is 6.03. The van der Waals surface area contributed by atoms with Crippen molar-refractivity contribution >= 4 is 11.9 Å². The molecule has 0 radical (unpaired) electrons. The van der Waals surface area contributed by atoms with Crippen molar-refractivity contribution in [2.75, 3.05) is 0 Å². The summed E-state index contributed by atoms with van der Waals surface area (Å²) in [5, 5.41) is 15.9. The highest BCUT2D eigenvalue weighted by Crippen LogP contribution is 2.19. The summed E-state index contributed by atoms with van der Waals surface area (Å²) in [6.45, 7) is 6.09. The fourth-order valence-corrected chi connectivity index (χ4v) is 2.33. The van der Waals surface area contributed by atoms with Crippen LogP contribution in [0.15, 0.2) is 30.5 Å². The predicted octanol–water partition coefficient (Wildman–Crippen LogP) is 2.73. The van der Waals surface area contributed by atoms with Gasteiger partial charge in [0.1, 0.15) is 5.56 Å². The molecule has 0 saturated heterocycles. The third-order valence-electron chi connectivity index (χ3n) is 3.73. The Balaban J connectivity index is 2.15. The summed E-state index contributed by atoms with van der Waals surface area (Å²) >= 11 is 0. The molecule has 0 unspecified atom stereocenters. The molecule has 1 atom stereocenters. The number of benzene rings is 1. The van der Waals surface area contributed by atoms with Crippen LogP contribution in [-0.2, 0) is 7.05 Å². The molecule has 2 N–H and O–H groups in total. The average Bonchev–Trinajstić information content (AvgIpc) is 2.89. The molecule has 6 nitrogen and oxygen atoms in total. The summed E-state index contributed by atoms with van der Waals surface area (Å²) in [6, 6.07) is 7.76. The van der Waals surface area contributed by atoms with Crippen LogP contribution in [-0.4, -0.2) is 26.8 Å². The molecule has 0 aliphatic rings. The first kappa shape index (κ1) is 16.7. The largest absolute Gasteiger partial charge is 0.478 e. The molecule has 1 aromatic heterocycles. The Morgan fingerprint density at radius 3 is 2.22 bits per heavy atom. The minimum Gasteiger partial charge on any atom is -0.478 e. The van der Waals surface area contributed by atoms with Crippen molar-refractivity contribution in [2.45, 2.75) is 32.7 Å². The Bertz CT molecular complexity index is 717. The van der Waals surface area contributed by atoms with E-state index >= 15 is 0 Å². The first-order chi connectivity index (χ1) is 10.8. The fraction of sp³-hybridized carbons (Fsp3) is 0.353. The van der Waals surface area contributed by atoms with Gasteiger partial charge in [-0.3, -0.25) is 9.48 Å². The maximum atomic E-state index is 12.3. The maximum Gasteiger partial charge on any atom is 0.339 e. The van der Waals surface area contributed by atoms with Gasteiger partial charge >= 0.3 is 5.97 Å². The minimum atomic E-state index is -1.17. The number of amides is 1. The van der Waals surface area contributed by atoms with E-state index in [-0.39, 0.29) is 17.3 Å².